The van der Waals surface area contributed by atoms with Gasteiger partial charge >= 0.3 is 13.6 Å². The van der Waals surface area contributed by atoms with Crippen molar-refractivity contribution in [1.29, 1.82) is 0 Å². The van der Waals surface area contributed by atoms with Crippen LogP contribution >= 0.6 is 7.60 Å². The van der Waals surface area contributed by atoms with Gasteiger partial charge in [0.25, 0.3) is 0 Å². The molecule has 2 unspecified atom stereocenters. The SMILES string of the molecule is CC(C(=O)O)=C(C(O)CCCO)P(=O)(O)OC1(O)CCCCC1. The standard InChI is InChI=1S/C14H25O8P/c1-10(13(17)18)12(11(16)6-5-9-15)23(20,21)22-14(19)7-3-2-4-8-14/h11,15-16,19H,2-9H2,1H3,(H,17,18)(H,20,21). The average molecular weight is 352 g/mol. The second-order valence-corrected chi connectivity index (χ2v) is 7.52. The molecule has 0 heterocycles. The van der Waals surface area contributed by atoms with Gasteiger partial charge in [-0.25, -0.2) is 4.79 Å². The van der Waals surface area contributed by atoms with E-state index in [4.69, 9.17) is 14.7 Å². The Balaban J connectivity index is 3.10. The van der Waals surface area contributed by atoms with E-state index < -0.39 is 36.3 Å². The van der Waals surface area contributed by atoms with Crippen LogP contribution in [0.4, 0.5) is 0 Å². The van der Waals surface area contributed by atoms with Crippen molar-refractivity contribution in [2.24, 2.45) is 0 Å². The summed E-state index contributed by atoms with van der Waals surface area (Å²) < 4.78 is 17.6. The van der Waals surface area contributed by atoms with E-state index in [9.17, 15) is 24.5 Å². The molecule has 0 saturated heterocycles. The van der Waals surface area contributed by atoms with Crippen molar-refractivity contribution >= 4 is 13.6 Å². The van der Waals surface area contributed by atoms with Crippen molar-refractivity contribution in [2.75, 3.05) is 6.61 Å². The van der Waals surface area contributed by atoms with E-state index in [2.05, 4.69) is 0 Å². The lowest BCUT2D eigenvalue weighted by Crippen LogP contribution is -2.34. The summed E-state index contributed by atoms with van der Waals surface area (Å²) >= 11 is 0. The minimum Gasteiger partial charge on any atom is -0.478 e. The Bertz CT molecular complexity index is 495. The first kappa shape index (κ1) is 20.3. The van der Waals surface area contributed by atoms with Gasteiger partial charge in [-0.1, -0.05) is 6.42 Å². The number of aliphatic hydroxyl groups excluding tert-OH is 2. The van der Waals surface area contributed by atoms with E-state index in [0.717, 1.165) is 13.3 Å². The molecule has 134 valence electrons. The lowest BCUT2D eigenvalue weighted by atomic mass is 9.95. The second-order valence-electron chi connectivity index (χ2n) is 5.82. The molecule has 0 spiro atoms. The third kappa shape index (κ3) is 5.67. The van der Waals surface area contributed by atoms with E-state index in [1.807, 2.05) is 0 Å². The molecule has 0 aromatic heterocycles. The summed E-state index contributed by atoms with van der Waals surface area (Å²) in [5, 5.41) is 37.6. The van der Waals surface area contributed by atoms with Gasteiger partial charge < -0.3 is 25.3 Å². The zero-order valence-corrected chi connectivity index (χ0v) is 14.0. The van der Waals surface area contributed by atoms with E-state index in [1.54, 1.807) is 0 Å². The molecule has 1 fully saturated rings. The lowest BCUT2D eigenvalue weighted by Gasteiger charge is -2.34. The molecular formula is C14H25O8P. The summed E-state index contributed by atoms with van der Waals surface area (Å²) in [6.45, 7) is 0.841. The number of carboxylic acid groups (broad SMARTS) is 1. The predicted octanol–water partition coefficient (Wildman–Crippen LogP) is 1.33. The smallest absolute Gasteiger partial charge is 0.360 e. The fraction of sp³-hybridized carbons (Fsp3) is 0.786. The van der Waals surface area contributed by atoms with Crippen LogP contribution in [-0.4, -0.2) is 49.8 Å². The topological polar surface area (TPSA) is 145 Å². The summed E-state index contributed by atoms with van der Waals surface area (Å²) in [5.74, 6) is -3.26. The Labute approximate surface area is 134 Å². The molecule has 8 nitrogen and oxygen atoms in total. The van der Waals surface area contributed by atoms with Crippen molar-refractivity contribution < 1.29 is 39.2 Å². The maximum Gasteiger partial charge on any atom is 0.360 e. The molecule has 0 aromatic carbocycles. The Morgan fingerprint density at radius 2 is 1.87 bits per heavy atom. The first-order valence-electron chi connectivity index (χ1n) is 7.62. The number of hydrogen-bond donors (Lipinski definition) is 5. The number of hydrogen-bond acceptors (Lipinski definition) is 6. The molecule has 1 saturated carbocycles. The lowest BCUT2D eigenvalue weighted by molar-refractivity contribution is -0.162. The molecular weight excluding hydrogens is 327 g/mol. The highest BCUT2D eigenvalue weighted by molar-refractivity contribution is 7.57. The zero-order chi connectivity index (χ0) is 17.7. The van der Waals surface area contributed by atoms with Gasteiger partial charge in [-0.3, -0.25) is 9.09 Å². The number of aliphatic carboxylic acids is 1. The average Bonchev–Trinajstić information content (AvgIpc) is 2.44. The van der Waals surface area contributed by atoms with E-state index in [0.29, 0.717) is 12.8 Å². The van der Waals surface area contributed by atoms with Crippen LogP contribution in [0.1, 0.15) is 51.9 Å². The van der Waals surface area contributed by atoms with Crippen molar-refractivity contribution in [2.45, 2.75) is 63.8 Å². The number of carboxylic acids is 1. The van der Waals surface area contributed by atoms with Crippen molar-refractivity contribution in [3.63, 3.8) is 0 Å². The van der Waals surface area contributed by atoms with Crippen LogP contribution in [0, 0.1) is 0 Å². The molecule has 1 rings (SSSR count). The molecule has 1 aliphatic carbocycles. The summed E-state index contributed by atoms with van der Waals surface area (Å²) in [5.41, 5.74) is -0.499. The van der Waals surface area contributed by atoms with E-state index in [-0.39, 0.29) is 32.3 Å². The van der Waals surface area contributed by atoms with E-state index in [1.165, 1.54) is 0 Å². The van der Waals surface area contributed by atoms with Gasteiger partial charge in [0.2, 0.25) is 0 Å². The van der Waals surface area contributed by atoms with E-state index >= 15 is 0 Å². The summed E-state index contributed by atoms with van der Waals surface area (Å²) in [7, 11) is -4.73. The summed E-state index contributed by atoms with van der Waals surface area (Å²) in [4.78, 5) is 21.4. The third-order valence-corrected chi connectivity index (χ3v) is 5.72. The molecule has 0 amide bonds. The number of carbonyl (C=O) groups is 1. The maximum absolute atomic E-state index is 12.6. The molecule has 1 aliphatic rings. The van der Waals surface area contributed by atoms with Crippen molar-refractivity contribution in [3.8, 4) is 0 Å². The van der Waals surface area contributed by atoms with Crippen molar-refractivity contribution in [3.05, 3.63) is 10.9 Å². The quantitative estimate of drug-likeness (QED) is 0.250. The summed E-state index contributed by atoms with van der Waals surface area (Å²) in [6, 6.07) is 0. The van der Waals surface area contributed by atoms with Gasteiger partial charge in [0, 0.05) is 25.0 Å². The Kier molecular flexibility index (Phi) is 7.38. The molecule has 23 heavy (non-hydrogen) atoms. The predicted molar refractivity (Wildman–Crippen MR) is 81.6 cm³/mol. The molecule has 2 atom stereocenters. The molecule has 0 aromatic rings. The summed E-state index contributed by atoms with van der Waals surface area (Å²) in [6.07, 6.45) is 0.942. The highest BCUT2D eigenvalue weighted by Gasteiger charge is 2.43. The minimum atomic E-state index is -4.73. The third-order valence-electron chi connectivity index (χ3n) is 3.89. The highest BCUT2D eigenvalue weighted by Crippen LogP contribution is 2.58. The molecule has 5 N–H and O–H groups in total. The molecule has 9 heteroatoms. The minimum absolute atomic E-state index is 0.0945. The Morgan fingerprint density at radius 1 is 1.30 bits per heavy atom. The molecule has 0 aliphatic heterocycles. The van der Waals surface area contributed by atoms with Crippen LogP contribution in [0.2, 0.25) is 0 Å². The van der Waals surface area contributed by atoms with Crippen LogP contribution < -0.4 is 0 Å². The molecule has 0 bridgehead atoms. The van der Waals surface area contributed by atoms with Crippen molar-refractivity contribution in [1.82, 2.24) is 0 Å². The second kappa shape index (κ2) is 8.37. The normalized spacial score (nSPS) is 22.8. The fourth-order valence-electron chi connectivity index (χ4n) is 2.66. The van der Waals surface area contributed by atoms with Crippen LogP contribution in [0.5, 0.6) is 0 Å². The van der Waals surface area contributed by atoms with Gasteiger partial charge in [-0.05, 0) is 32.6 Å². The zero-order valence-electron chi connectivity index (χ0n) is 13.1. The fourth-order valence-corrected chi connectivity index (χ4v) is 4.42. The Hall–Kier alpha value is -0.760. The number of rotatable bonds is 8. The Morgan fingerprint density at radius 3 is 2.35 bits per heavy atom. The van der Waals surface area contributed by atoms with Crippen LogP contribution in [0.3, 0.4) is 0 Å². The highest BCUT2D eigenvalue weighted by atomic mass is 31.2. The first-order chi connectivity index (χ1) is 10.6. The molecule has 0 radical (unpaired) electrons. The van der Waals surface area contributed by atoms with Gasteiger partial charge in [-0.15, -0.1) is 0 Å². The number of aliphatic hydroxyl groups is 3. The maximum atomic E-state index is 12.6. The van der Waals surface area contributed by atoms with Gasteiger partial charge in [0.1, 0.15) is 0 Å². The first-order valence-corrected chi connectivity index (χ1v) is 9.20. The van der Waals surface area contributed by atoms with Gasteiger partial charge in [-0.2, -0.15) is 0 Å². The van der Waals surface area contributed by atoms with Crippen LogP contribution in [0.25, 0.3) is 0 Å². The van der Waals surface area contributed by atoms with Crippen LogP contribution in [0.15, 0.2) is 10.9 Å². The van der Waals surface area contributed by atoms with Gasteiger partial charge in [0.05, 0.1) is 11.4 Å². The largest absolute Gasteiger partial charge is 0.478 e. The van der Waals surface area contributed by atoms with Crippen LogP contribution in [-0.2, 0) is 13.9 Å². The monoisotopic (exact) mass is 352 g/mol. The van der Waals surface area contributed by atoms with Gasteiger partial charge in [0.15, 0.2) is 5.79 Å².